The minimum absolute atomic E-state index is 0.257. The number of rotatable bonds is 21. The molecule has 190 valence electrons. The molecule has 2 rings (SSSR count). The molecule has 0 heterocycles. The van der Waals surface area contributed by atoms with Crippen molar-refractivity contribution in [2.24, 2.45) is 0 Å². The maximum Gasteiger partial charge on any atom is 0.303 e. The summed E-state index contributed by atoms with van der Waals surface area (Å²) >= 11 is 0. The van der Waals surface area contributed by atoms with Gasteiger partial charge >= 0.3 is 5.97 Å². The van der Waals surface area contributed by atoms with Crippen molar-refractivity contribution < 1.29 is 9.90 Å². The van der Waals surface area contributed by atoms with Gasteiger partial charge in [-0.3, -0.25) is 4.79 Å². The topological polar surface area (TPSA) is 37.3 Å². The van der Waals surface area contributed by atoms with E-state index >= 15 is 0 Å². The number of fused-ring (bicyclic) bond motifs is 1. The Hall–Kier alpha value is -1.83. The number of aliphatic carboxylic acids is 1. The molecule has 0 aromatic heterocycles. The van der Waals surface area contributed by atoms with E-state index in [2.05, 4.69) is 49.4 Å². The molecule has 2 aromatic carbocycles. The van der Waals surface area contributed by atoms with Gasteiger partial charge in [0.1, 0.15) is 0 Å². The highest BCUT2D eigenvalue weighted by Gasteiger charge is 2.15. The maximum absolute atomic E-state index is 11.2. The molecule has 0 aliphatic rings. The number of benzene rings is 2. The largest absolute Gasteiger partial charge is 0.481 e. The van der Waals surface area contributed by atoms with Gasteiger partial charge in [0, 0.05) is 6.42 Å². The van der Waals surface area contributed by atoms with Crippen molar-refractivity contribution >= 4 is 16.7 Å². The molecule has 34 heavy (non-hydrogen) atoms. The van der Waals surface area contributed by atoms with Gasteiger partial charge in [-0.25, -0.2) is 0 Å². The molecule has 2 heteroatoms. The van der Waals surface area contributed by atoms with E-state index < -0.39 is 5.97 Å². The minimum Gasteiger partial charge on any atom is -0.481 e. The lowest BCUT2D eigenvalue weighted by Gasteiger charge is -2.19. The molecule has 0 radical (unpaired) electrons. The molecule has 1 unspecified atom stereocenters. The van der Waals surface area contributed by atoms with Crippen LogP contribution >= 0.6 is 0 Å². The van der Waals surface area contributed by atoms with Crippen molar-refractivity contribution in [2.75, 3.05) is 0 Å². The van der Waals surface area contributed by atoms with Gasteiger partial charge in [0.25, 0.3) is 0 Å². The molecule has 0 fully saturated rings. The number of unbranched alkanes of at least 4 members (excludes halogenated alkanes) is 15. The van der Waals surface area contributed by atoms with E-state index in [-0.39, 0.29) is 6.42 Å². The zero-order valence-electron chi connectivity index (χ0n) is 21.9. The smallest absolute Gasteiger partial charge is 0.303 e. The van der Waals surface area contributed by atoms with Crippen molar-refractivity contribution in [2.45, 2.75) is 135 Å². The monoisotopic (exact) mass is 466 g/mol. The highest BCUT2D eigenvalue weighted by Crippen LogP contribution is 2.33. The fourth-order valence-corrected chi connectivity index (χ4v) is 5.30. The molecule has 0 spiro atoms. The molecule has 0 amide bonds. The number of carboxylic acid groups (broad SMARTS) is 1. The predicted octanol–water partition coefficient (Wildman–Crippen LogP) is 10.4. The highest BCUT2D eigenvalue weighted by molar-refractivity contribution is 5.86. The van der Waals surface area contributed by atoms with Gasteiger partial charge in [-0.2, -0.15) is 0 Å². The third-order valence-electron chi connectivity index (χ3n) is 7.38. The predicted molar refractivity (Wildman–Crippen MR) is 148 cm³/mol. The molecule has 0 saturated heterocycles. The van der Waals surface area contributed by atoms with E-state index in [1.807, 2.05) is 0 Å². The van der Waals surface area contributed by atoms with Gasteiger partial charge in [-0.1, -0.05) is 152 Å². The Morgan fingerprint density at radius 1 is 0.647 bits per heavy atom. The third kappa shape index (κ3) is 12.0. The minimum atomic E-state index is -0.683. The Bertz CT molecular complexity index is 776. The highest BCUT2D eigenvalue weighted by atomic mass is 16.4. The molecule has 1 atom stereocenters. The van der Waals surface area contributed by atoms with Crippen molar-refractivity contribution in [3.05, 3.63) is 48.0 Å². The van der Waals surface area contributed by atoms with Gasteiger partial charge in [-0.05, 0) is 35.1 Å². The van der Waals surface area contributed by atoms with E-state index in [9.17, 15) is 9.90 Å². The first kappa shape index (κ1) is 28.4. The van der Waals surface area contributed by atoms with Crippen LogP contribution in [-0.4, -0.2) is 11.1 Å². The van der Waals surface area contributed by atoms with Crippen LogP contribution < -0.4 is 0 Å². The lowest BCUT2D eigenvalue weighted by molar-refractivity contribution is -0.137. The van der Waals surface area contributed by atoms with Crippen LogP contribution in [0.15, 0.2) is 42.5 Å². The van der Waals surface area contributed by atoms with Gasteiger partial charge in [0.2, 0.25) is 0 Å². The summed E-state index contributed by atoms with van der Waals surface area (Å²) in [4.78, 5) is 11.2. The maximum atomic E-state index is 11.2. The average molecular weight is 467 g/mol. The third-order valence-corrected chi connectivity index (χ3v) is 7.38. The van der Waals surface area contributed by atoms with Crippen molar-refractivity contribution in [3.63, 3.8) is 0 Å². The summed E-state index contributed by atoms with van der Waals surface area (Å²) in [5.74, 6) is -0.342. The molecule has 0 aliphatic heterocycles. The molecule has 0 aliphatic carbocycles. The van der Waals surface area contributed by atoms with Crippen LogP contribution in [0, 0.1) is 0 Å². The van der Waals surface area contributed by atoms with E-state index in [1.54, 1.807) is 0 Å². The SMILES string of the molecule is CCCCCCCCCCCCCCCCCCC(CCC(=O)O)c1cccc2ccccc12. The summed E-state index contributed by atoms with van der Waals surface area (Å²) in [5.41, 5.74) is 1.33. The van der Waals surface area contributed by atoms with Crippen LogP contribution in [0.25, 0.3) is 10.8 Å². The Morgan fingerprint density at radius 2 is 1.15 bits per heavy atom. The lowest BCUT2D eigenvalue weighted by Crippen LogP contribution is -2.04. The summed E-state index contributed by atoms with van der Waals surface area (Å²) < 4.78 is 0. The molecule has 2 nitrogen and oxygen atoms in total. The first-order chi connectivity index (χ1) is 16.7. The van der Waals surface area contributed by atoms with Crippen LogP contribution in [0.2, 0.25) is 0 Å². The van der Waals surface area contributed by atoms with Crippen LogP contribution in [0.3, 0.4) is 0 Å². The molecule has 2 aromatic rings. The summed E-state index contributed by atoms with van der Waals surface area (Å²) in [6.07, 6.45) is 24.2. The molecule has 0 bridgehead atoms. The Morgan fingerprint density at radius 3 is 1.71 bits per heavy atom. The molecule has 1 N–H and O–H groups in total. The average Bonchev–Trinajstić information content (AvgIpc) is 2.85. The lowest BCUT2D eigenvalue weighted by atomic mass is 9.86. The van der Waals surface area contributed by atoms with Crippen LogP contribution in [-0.2, 0) is 4.79 Å². The van der Waals surface area contributed by atoms with Crippen molar-refractivity contribution in [1.29, 1.82) is 0 Å². The quantitative estimate of drug-likeness (QED) is 0.186. The van der Waals surface area contributed by atoms with E-state index in [0.29, 0.717) is 5.92 Å². The standard InChI is InChI=1S/C32H50O2/c1-2-3-4-5-6-7-8-9-10-11-12-13-14-15-16-17-21-29(26-27-32(33)34)31-25-20-23-28-22-18-19-24-30(28)31/h18-20,22-25,29H,2-17,21,26-27H2,1H3,(H,33,34). The number of hydrogen-bond acceptors (Lipinski definition) is 1. The van der Waals surface area contributed by atoms with Gasteiger partial charge in [0.05, 0.1) is 0 Å². The first-order valence-corrected chi connectivity index (χ1v) is 14.4. The molecular weight excluding hydrogens is 416 g/mol. The molecule has 0 saturated carbocycles. The van der Waals surface area contributed by atoms with Gasteiger partial charge in [0.15, 0.2) is 0 Å². The first-order valence-electron chi connectivity index (χ1n) is 14.4. The number of carbonyl (C=O) groups is 1. The van der Waals surface area contributed by atoms with E-state index in [4.69, 9.17) is 0 Å². The number of hydrogen-bond donors (Lipinski definition) is 1. The van der Waals surface area contributed by atoms with Crippen LogP contribution in [0.4, 0.5) is 0 Å². The second-order valence-corrected chi connectivity index (χ2v) is 10.3. The zero-order valence-corrected chi connectivity index (χ0v) is 21.9. The summed E-state index contributed by atoms with van der Waals surface area (Å²) in [6, 6.07) is 15.0. The Labute approximate surface area is 209 Å². The molecular formula is C32H50O2. The fraction of sp³-hybridized carbons (Fsp3) is 0.656. The van der Waals surface area contributed by atoms with Gasteiger partial charge < -0.3 is 5.11 Å². The summed E-state index contributed by atoms with van der Waals surface area (Å²) in [7, 11) is 0. The summed E-state index contributed by atoms with van der Waals surface area (Å²) in [6.45, 7) is 2.29. The van der Waals surface area contributed by atoms with Crippen LogP contribution in [0.1, 0.15) is 140 Å². The van der Waals surface area contributed by atoms with E-state index in [1.165, 1.54) is 119 Å². The van der Waals surface area contributed by atoms with Crippen molar-refractivity contribution in [3.8, 4) is 0 Å². The van der Waals surface area contributed by atoms with Crippen LogP contribution in [0.5, 0.6) is 0 Å². The zero-order chi connectivity index (χ0) is 24.3. The fourth-order valence-electron chi connectivity index (χ4n) is 5.30. The number of carboxylic acids is 1. The van der Waals surface area contributed by atoms with Gasteiger partial charge in [-0.15, -0.1) is 0 Å². The Balaban J connectivity index is 1.56. The summed E-state index contributed by atoms with van der Waals surface area (Å²) in [5, 5.41) is 11.8. The normalized spacial score (nSPS) is 12.3. The Kier molecular flexibility index (Phi) is 15.5. The van der Waals surface area contributed by atoms with Crippen molar-refractivity contribution in [1.82, 2.24) is 0 Å². The second kappa shape index (κ2) is 18.5. The van der Waals surface area contributed by atoms with E-state index in [0.717, 1.165) is 12.8 Å². The second-order valence-electron chi connectivity index (χ2n) is 10.3.